The van der Waals surface area contributed by atoms with Gasteiger partial charge < -0.3 is 0 Å². The minimum Gasteiger partial charge on any atom is -0.208 e. The molecule has 0 aliphatic heterocycles. The van der Waals surface area contributed by atoms with Crippen molar-refractivity contribution in [1.82, 2.24) is 15.0 Å². The second-order valence-corrected chi connectivity index (χ2v) is 4.39. The third kappa shape index (κ3) is 3.23. The molecule has 0 aliphatic carbocycles. The molecule has 0 radical (unpaired) electrons. The van der Waals surface area contributed by atoms with Crippen molar-refractivity contribution in [1.29, 1.82) is 0 Å². The fourth-order valence-electron chi connectivity index (χ4n) is 1.56. The van der Waals surface area contributed by atoms with E-state index in [-0.39, 0.29) is 0 Å². The van der Waals surface area contributed by atoms with E-state index in [2.05, 4.69) is 44.0 Å². The summed E-state index contributed by atoms with van der Waals surface area (Å²) in [5.41, 5.74) is 1.74. The average Bonchev–Trinajstić information content (AvgIpc) is 2.45. The van der Waals surface area contributed by atoms with E-state index in [9.17, 15) is 0 Å². The van der Waals surface area contributed by atoms with Crippen molar-refractivity contribution >= 4 is 21.5 Å². The lowest BCUT2D eigenvalue weighted by molar-refractivity contribution is 0.994. The zero-order valence-corrected chi connectivity index (χ0v) is 11.8. The second kappa shape index (κ2) is 6.20. The quantitative estimate of drug-likeness (QED) is 0.799. The van der Waals surface area contributed by atoms with E-state index in [4.69, 9.17) is 0 Å². The first-order valence-corrected chi connectivity index (χ1v) is 6.46. The van der Waals surface area contributed by atoms with Crippen LogP contribution >= 0.6 is 15.9 Å². The molecule has 0 fully saturated rings. The van der Waals surface area contributed by atoms with Crippen molar-refractivity contribution in [2.45, 2.75) is 0 Å². The van der Waals surface area contributed by atoms with Gasteiger partial charge in [0.15, 0.2) is 11.6 Å². The largest absolute Gasteiger partial charge is 0.208 e. The molecule has 94 valence electrons. The molecule has 19 heavy (non-hydrogen) atoms. The van der Waals surface area contributed by atoms with E-state index in [0.717, 1.165) is 11.1 Å². The van der Waals surface area contributed by atoms with E-state index < -0.39 is 0 Å². The highest BCUT2D eigenvalue weighted by Gasteiger charge is 2.08. The van der Waals surface area contributed by atoms with Gasteiger partial charge in [0.2, 0.25) is 4.73 Å². The molecule has 0 unspecified atom stereocenters. The second-order valence-electron chi connectivity index (χ2n) is 3.68. The summed E-state index contributed by atoms with van der Waals surface area (Å²) in [6, 6.07) is 9.75. The van der Waals surface area contributed by atoms with Crippen molar-refractivity contribution < 1.29 is 0 Å². The first-order valence-electron chi connectivity index (χ1n) is 5.67. The van der Waals surface area contributed by atoms with Gasteiger partial charge in [-0.3, -0.25) is 0 Å². The highest BCUT2D eigenvalue weighted by atomic mass is 79.9. The Morgan fingerprint density at radius 3 is 2.42 bits per heavy atom. The molecule has 2 rings (SSSR count). The van der Waals surface area contributed by atoms with Crippen LogP contribution in [0.2, 0.25) is 0 Å². The van der Waals surface area contributed by atoms with Crippen LogP contribution in [-0.2, 0) is 0 Å². The van der Waals surface area contributed by atoms with E-state index in [1.807, 2.05) is 36.4 Å². The molecule has 4 heteroatoms. The predicted octanol–water partition coefficient (Wildman–Crippen LogP) is 4.06. The first-order chi connectivity index (χ1) is 9.24. The lowest BCUT2D eigenvalue weighted by Gasteiger charge is -2.04. The Morgan fingerprint density at radius 2 is 1.79 bits per heavy atom. The van der Waals surface area contributed by atoms with Crippen molar-refractivity contribution in [3.8, 4) is 11.4 Å². The SMILES string of the molecule is C=CC=C(C=C)c1nc(Br)nc(-c2ccccc2)n1. The lowest BCUT2D eigenvalue weighted by Crippen LogP contribution is -1.99. The van der Waals surface area contributed by atoms with E-state index in [1.165, 1.54) is 0 Å². The average molecular weight is 314 g/mol. The van der Waals surface area contributed by atoms with Gasteiger partial charge in [-0.1, -0.05) is 61.7 Å². The standard InChI is InChI=1S/C15H12BrN3/c1-3-8-11(4-2)13-17-14(19-15(16)18-13)12-9-6-5-7-10-12/h3-10H,1-2H2. The van der Waals surface area contributed by atoms with Gasteiger partial charge in [0.25, 0.3) is 0 Å². The van der Waals surface area contributed by atoms with Gasteiger partial charge in [0.1, 0.15) is 0 Å². The van der Waals surface area contributed by atoms with E-state index >= 15 is 0 Å². The number of aromatic nitrogens is 3. The van der Waals surface area contributed by atoms with Crippen LogP contribution < -0.4 is 0 Å². The molecule has 0 spiro atoms. The Morgan fingerprint density at radius 1 is 1.05 bits per heavy atom. The predicted molar refractivity (Wildman–Crippen MR) is 81.3 cm³/mol. The third-order valence-corrected chi connectivity index (χ3v) is 2.77. The summed E-state index contributed by atoms with van der Waals surface area (Å²) in [5, 5.41) is 0. The van der Waals surface area contributed by atoms with Crippen molar-refractivity contribution in [3.05, 3.63) is 72.3 Å². The van der Waals surface area contributed by atoms with Gasteiger partial charge >= 0.3 is 0 Å². The Balaban J connectivity index is 2.55. The number of allylic oxidation sites excluding steroid dienone is 4. The summed E-state index contributed by atoms with van der Waals surface area (Å²) in [4.78, 5) is 13.0. The molecular formula is C15H12BrN3. The van der Waals surface area contributed by atoms with Crippen LogP contribution in [0, 0.1) is 0 Å². The minimum absolute atomic E-state index is 0.494. The van der Waals surface area contributed by atoms with Crippen LogP contribution in [-0.4, -0.2) is 15.0 Å². The molecule has 2 aromatic rings. The molecule has 0 N–H and O–H groups in total. The van der Waals surface area contributed by atoms with Crippen molar-refractivity contribution in [3.63, 3.8) is 0 Å². The summed E-state index contributed by atoms with van der Waals surface area (Å²) in [6.07, 6.45) is 5.18. The summed E-state index contributed by atoms with van der Waals surface area (Å²) in [6.45, 7) is 7.43. The number of hydrogen-bond donors (Lipinski definition) is 0. The molecule has 0 saturated heterocycles. The van der Waals surface area contributed by atoms with Crippen molar-refractivity contribution in [2.24, 2.45) is 0 Å². The van der Waals surface area contributed by atoms with Crippen LogP contribution in [0.1, 0.15) is 5.82 Å². The zero-order valence-electron chi connectivity index (χ0n) is 10.3. The van der Waals surface area contributed by atoms with E-state index in [1.54, 1.807) is 12.2 Å². The first kappa shape index (κ1) is 13.4. The van der Waals surface area contributed by atoms with Gasteiger partial charge in [-0.2, -0.15) is 0 Å². The maximum absolute atomic E-state index is 4.45. The molecule has 3 nitrogen and oxygen atoms in total. The smallest absolute Gasteiger partial charge is 0.200 e. The molecule has 0 aliphatic rings. The summed E-state index contributed by atoms with van der Waals surface area (Å²) < 4.78 is 0.494. The molecule has 0 bridgehead atoms. The number of hydrogen-bond acceptors (Lipinski definition) is 3. The Bertz CT molecular complexity index is 633. The highest BCUT2D eigenvalue weighted by molar-refractivity contribution is 9.10. The molecule has 0 saturated carbocycles. The number of halogens is 1. The molecule has 0 amide bonds. The lowest BCUT2D eigenvalue weighted by atomic mass is 10.2. The van der Waals surface area contributed by atoms with Crippen LogP contribution in [0.4, 0.5) is 0 Å². The molecular weight excluding hydrogens is 302 g/mol. The molecule has 0 atom stereocenters. The van der Waals surface area contributed by atoms with E-state index in [0.29, 0.717) is 16.4 Å². The van der Waals surface area contributed by atoms with Crippen LogP contribution in [0.5, 0.6) is 0 Å². The number of nitrogens with zero attached hydrogens (tertiary/aromatic N) is 3. The Hall–Kier alpha value is -2.07. The maximum Gasteiger partial charge on any atom is 0.200 e. The molecule has 1 aromatic heterocycles. The number of benzene rings is 1. The number of rotatable bonds is 4. The highest BCUT2D eigenvalue weighted by Crippen LogP contribution is 2.19. The normalized spacial score (nSPS) is 11.1. The zero-order chi connectivity index (χ0) is 13.7. The molecule has 1 aromatic carbocycles. The van der Waals surface area contributed by atoms with Crippen molar-refractivity contribution in [2.75, 3.05) is 0 Å². The molecule has 1 heterocycles. The van der Waals surface area contributed by atoms with Crippen LogP contribution in [0.3, 0.4) is 0 Å². The van der Waals surface area contributed by atoms with Crippen LogP contribution in [0.15, 0.2) is 66.5 Å². The third-order valence-electron chi connectivity index (χ3n) is 2.42. The fraction of sp³-hybridized carbons (Fsp3) is 0. The Kier molecular flexibility index (Phi) is 4.36. The monoisotopic (exact) mass is 313 g/mol. The maximum atomic E-state index is 4.45. The summed E-state index contributed by atoms with van der Waals surface area (Å²) in [7, 11) is 0. The van der Waals surface area contributed by atoms with Gasteiger partial charge in [-0.15, -0.1) is 0 Å². The summed E-state index contributed by atoms with van der Waals surface area (Å²) in [5.74, 6) is 1.19. The minimum atomic E-state index is 0.494. The topological polar surface area (TPSA) is 38.7 Å². The fourth-order valence-corrected chi connectivity index (χ4v) is 1.89. The van der Waals surface area contributed by atoms with Gasteiger partial charge in [0.05, 0.1) is 0 Å². The van der Waals surface area contributed by atoms with Gasteiger partial charge in [0, 0.05) is 11.1 Å². The van der Waals surface area contributed by atoms with Crippen LogP contribution in [0.25, 0.3) is 17.0 Å². The summed E-state index contributed by atoms with van der Waals surface area (Å²) >= 11 is 3.31. The van der Waals surface area contributed by atoms with Gasteiger partial charge in [-0.05, 0) is 15.9 Å². The Labute approximate surface area is 120 Å². The van der Waals surface area contributed by atoms with Gasteiger partial charge in [-0.25, -0.2) is 15.0 Å².